The molecule has 0 saturated heterocycles. The maximum absolute atomic E-state index is 13.9. The van der Waals surface area contributed by atoms with E-state index < -0.39 is 0 Å². The second kappa shape index (κ2) is 6.72. The molecular weight excluding hydrogens is 269 g/mol. The Bertz CT molecular complexity index is 610. The number of ether oxygens (including phenoxy) is 1. The number of likely N-dealkylation sites (N-methyl/N-ethyl adjacent to an activating group) is 1. The van der Waals surface area contributed by atoms with Gasteiger partial charge in [0.15, 0.2) is 11.6 Å². The Balaban J connectivity index is 2.25. The fraction of sp³-hybridized carbons (Fsp3) is 0.438. The smallest absolute Gasteiger partial charge is 0.165 e. The summed E-state index contributed by atoms with van der Waals surface area (Å²) in [6.45, 7) is 4.88. The summed E-state index contributed by atoms with van der Waals surface area (Å²) in [5, 5.41) is 7.69. The number of aromatic nitrogens is 2. The van der Waals surface area contributed by atoms with Crippen molar-refractivity contribution < 1.29 is 9.13 Å². The highest BCUT2D eigenvalue weighted by atomic mass is 19.1. The molecule has 0 aliphatic carbocycles. The molecule has 0 aliphatic heterocycles. The van der Waals surface area contributed by atoms with Crippen molar-refractivity contribution >= 4 is 0 Å². The number of hydrogen-bond acceptors (Lipinski definition) is 3. The van der Waals surface area contributed by atoms with Crippen LogP contribution in [-0.2, 0) is 13.0 Å². The standard InChI is InChI=1S/C16H22FN3O/c1-5-20-13(8-11(2)19-20)10-15(18-3)12-6-7-16(21-4)14(17)9-12/h6-9,15,18H,5,10H2,1-4H3. The molecule has 0 bridgehead atoms. The summed E-state index contributed by atoms with van der Waals surface area (Å²) in [7, 11) is 3.35. The van der Waals surface area contributed by atoms with Gasteiger partial charge in [0.25, 0.3) is 0 Å². The first-order valence-corrected chi connectivity index (χ1v) is 7.13. The van der Waals surface area contributed by atoms with Gasteiger partial charge in [0.2, 0.25) is 0 Å². The maximum atomic E-state index is 13.9. The van der Waals surface area contributed by atoms with E-state index in [1.54, 1.807) is 6.07 Å². The van der Waals surface area contributed by atoms with Crippen LogP contribution in [0.3, 0.4) is 0 Å². The van der Waals surface area contributed by atoms with Crippen molar-refractivity contribution in [3.8, 4) is 5.75 Å². The lowest BCUT2D eigenvalue weighted by molar-refractivity contribution is 0.385. The van der Waals surface area contributed by atoms with Crippen LogP contribution in [0.5, 0.6) is 5.75 Å². The summed E-state index contributed by atoms with van der Waals surface area (Å²) in [6.07, 6.45) is 0.761. The molecule has 1 heterocycles. The highest BCUT2D eigenvalue weighted by Gasteiger charge is 2.15. The summed E-state index contributed by atoms with van der Waals surface area (Å²) in [4.78, 5) is 0. The third kappa shape index (κ3) is 3.42. The van der Waals surface area contributed by atoms with E-state index in [0.29, 0.717) is 0 Å². The van der Waals surface area contributed by atoms with Crippen LogP contribution < -0.4 is 10.1 Å². The van der Waals surface area contributed by atoms with E-state index in [9.17, 15) is 4.39 Å². The van der Waals surface area contributed by atoms with Crippen molar-refractivity contribution in [2.75, 3.05) is 14.2 Å². The Hall–Kier alpha value is -1.88. The molecule has 1 unspecified atom stereocenters. The average molecular weight is 291 g/mol. The third-order valence-electron chi connectivity index (χ3n) is 3.62. The van der Waals surface area contributed by atoms with Crippen molar-refractivity contribution in [2.24, 2.45) is 0 Å². The zero-order valence-electron chi connectivity index (χ0n) is 13.0. The van der Waals surface area contributed by atoms with Crippen LogP contribution in [0.25, 0.3) is 0 Å². The number of nitrogens with zero attached hydrogens (tertiary/aromatic N) is 2. The number of methoxy groups -OCH3 is 1. The number of aryl methyl sites for hydroxylation is 2. The number of rotatable bonds is 6. The number of nitrogens with one attached hydrogen (secondary N) is 1. The number of halogens is 1. The van der Waals surface area contributed by atoms with E-state index in [0.717, 1.165) is 29.9 Å². The molecule has 1 aromatic heterocycles. The van der Waals surface area contributed by atoms with E-state index in [4.69, 9.17) is 4.74 Å². The van der Waals surface area contributed by atoms with E-state index in [1.165, 1.54) is 13.2 Å². The lowest BCUT2D eigenvalue weighted by Crippen LogP contribution is -2.20. The van der Waals surface area contributed by atoms with Crippen LogP contribution >= 0.6 is 0 Å². The van der Waals surface area contributed by atoms with Gasteiger partial charge in [-0.1, -0.05) is 6.07 Å². The summed E-state index contributed by atoms with van der Waals surface area (Å²) in [5.41, 5.74) is 3.05. The van der Waals surface area contributed by atoms with Crippen LogP contribution in [0.4, 0.5) is 4.39 Å². The van der Waals surface area contributed by atoms with Gasteiger partial charge in [-0.25, -0.2) is 4.39 Å². The molecule has 0 radical (unpaired) electrons. The minimum atomic E-state index is -0.338. The highest BCUT2D eigenvalue weighted by Crippen LogP contribution is 2.24. The Morgan fingerprint density at radius 2 is 2.14 bits per heavy atom. The van der Waals surface area contributed by atoms with Gasteiger partial charge in [0.1, 0.15) is 0 Å². The van der Waals surface area contributed by atoms with Gasteiger partial charge in [-0.15, -0.1) is 0 Å². The predicted molar refractivity (Wildman–Crippen MR) is 81.1 cm³/mol. The summed E-state index contributed by atoms with van der Waals surface area (Å²) in [6, 6.07) is 7.19. The van der Waals surface area contributed by atoms with Crippen LogP contribution in [-0.4, -0.2) is 23.9 Å². The van der Waals surface area contributed by atoms with Gasteiger partial charge in [-0.05, 0) is 44.7 Å². The largest absolute Gasteiger partial charge is 0.494 e. The quantitative estimate of drug-likeness (QED) is 0.889. The molecule has 21 heavy (non-hydrogen) atoms. The fourth-order valence-corrected chi connectivity index (χ4v) is 2.53. The van der Waals surface area contributed by atoms with Gasteiger partial charge >= 0.3 is 0 Å². The molecule has 4 nitrogen and oxygen atoms in total. The first-order chi connectivity index (χ1) is 10.1. The molecule has 2 aromatic rings. The molecule has 0 amide bonds. The maximum Gasteiger partial charge on any atom is 0.165 e. The molecule has 2 rings (SSSR count). The summed E-state index contributed by atoms with van der Waals surface area (Å²) in [5.74, 6) is -0.0709. The van der Waals surface area contributed by atoms with Gasteiger partial charge in [0, 0.05) is 24.7 Å². The summed E-state index contributed by atoms with van der Waals surface area (Å²) < 4.78 is 20.8. The molecule has 114 valence electrons. The summed E-state index contributed by atoms with van der Waals surface area (Å²) >= 11 is 0. The lowest BCUT2D eigenvalue weighted by Gasteiger charge is -2.18. The predicted octanol–water partition coefficient (Wildman–Crippen LogP) is 2.86. The Morgan fingerprint density at radius 3 is 2.71 bits per heavy atom. The lowest BCUT2D eigenvalue weighted by atomic mass is 10.0. The second-order valence-corrected chi connectivity index (χ2v) is 5.03. The molecule has 0 aliphatic rings. The number of hydrogen-bond donors (Lipinski definition) is 1. The van der Waals surface area contributed by atoms with E-state index >= 15 is 0 Å². The van der Waals surface area contributed by atoms with Crippen LogP contribution in [0, 0.1) is 12.7 Å². The first-order valence-electron chi connectivity index (χ1n) is 7.13. The number of benzene rings is 1. The molecule has 1 aromatic carbocycles. The topological polar surface area (TPSA) is 39.1 Å². The van der Waals surface area contributed by atoms with Gasteiger partial charge < -0.3 is 10.1 Å². The first kappa shape index (κ1) is 15.5. The van der Waals surface area contributed by atoms with Crippen LogP contribution in [0.15, 0.2) is 24.3 Å². The van der Waals surface area contributed by atoms with Crippen molar-refractivity contribution in [2.45, 2.75) is 32.9 Å². The minimum absolute atomic E-state index is 0.0341. The fourth-order valence-electron chi connectivity index (χ4n) is 2.53. The van der Waals surface area contributed by atoms with E-state index in [-0.39, 0.29) is 17.6 Å². The van der Waals surface area contributed by atoms with Crippen molar-refractivity contribution in [1.29, 1.82) is 0 Å². The normalized spacial score (nSPS) is 12.4. The average Bonchev–Trinajstić information content (AvgIpc) is 2.84. The van der Waals surface area contributed by atoms with E-state index in [1.807, 2.05) is 24.7 Å². The molecule has 1 atom stereocenters. The van der Waals surface area contributed by atoms with Crippen molar-refractivity contribution in [3.63, 3.8) is 0 Å². The van der Waals surface area contributed by atoms with Crippen molar-refractivity contribution in [3.05, 3.63) is 47.0 Å². The molecule has 0 saturated carbocycles. The zero-order valence-corrected chi connectivity index (χ0v) is 13.0. The molecule has 5 heteroatoms. The minimum Gasteiger partial charge on any atom is -0.494 e. The Morgan fingerprint density at radius 1 is 1.38 bits per heavy atom. The molecular formula is C16H22FN3O. The SMILES string of the molecule is CCn1nc(C)cc1CC(NC)c1ccc(OC)c(F)c1. The van der Waals surface area contributed by atoms with Gasteiger partial charge in [-0.3, -0.25) is 4.68 Å². The highest BCUT2D eigenvalue weighted by molar-refractivity contribution is 5.31. The van der Waals surface area contributed by atoms with Crippen molar-refractivity contribution in [1.82, 2.24) is 15.1 Å². The zero-order chi connectivity index (χ0) is 15.4. The monoisotopic (exact) mass is 291 g/mol. The van der Waals surface area contributed by atoms with Gasteiger partial charge in [0.05, 0.1) is 12.8 Å². The van der Waals surface area contributed by atoms with Crippen LogP contribution in [0.2, 0.25) is 0 Å². The Kier molecular flexibility index (Phi) is 4.96. The van der Waals surface area contributed by atoms with Crippen LogP contribution in [0.1, 0.15) is 29.9 Å². The molecule has 0 fully saturated rings. The molecule has 0 spiro atoms. The Labute approximate surface area is 124 Å². The molecule has 1 N–H and O–H groups in total. The van der Waals surface area contributed by atoms with E-state index in [2.05, 4.69) is 23.4 Å². The second-order valence-electron chi connectivity index (χ2n) is 5.03. The third-order valence-corrected chi connectivity index (χ3v) is 3.62. The van der Waals surface area contributed by atoms with Gasteiger partial charge in [-0.2, -0.15) is 5.10 Å².